The molecule has 0 spiro atoms. The van der Waals surface area contributed by atoms with Gasteiger partial charge in [-0.3, -0.25) is 4.18 Å². The second-order valence-electron chi connectivity index (χ2n) is 5.34. The highest BCUT2D eigenvalue weighted by molar-refractivity contribution is 7.87. The Morgan fingerprint density at radius 3 is 2.86 bits per heavy atom. The number of hydrogen-bond acceptors (Lipinski definition) is 8. The summed E-state index contributed by atoms with van der Waals surface area (Å²) in [5.41, 5.74) is -1.34. The number of carbonyl (C=O) groups excluding carboxylic acids is 2. The number of esters is 2. The summed E-state index contributed by atoms with van der Waals surface area (Å²) in [6.45, 7) is 4.08. The zero-order valence-corrected chi connectivity index (χ0v) is 12.0. The van der Waals surface area contributed by atoms with Gasteiger partial charge in [-0.25, -0.2) is 9.59 Å². The molecule has 0 aromatic heterocycles. The van der Waals surface area contributed by atoms with Crippen LogP contribution in [0.25, 0.3) is 0 Å². The zero-order chi connectivity index (χ0) is 15.4. The van der Waals surface area contributed by atoms with Crippen LogP contribution in [0, 0.1) is 0 Å². The van der Waals surface area contributed by atoms with Crippen LogP contribution >= 0.6 is 0 Å². The lowest BCUT2D eigenvalue weighted by Crippen LogP contribution is -2.53. The van der Waals surface area contributed by atoms with Crippen LogP contribution < -0.4 is 0 Å². The van der Waals surface area contributed by atoms with Gasteiger partial charge in [-0.1, -0.05) is 6.58 Å². The predicted molar refractivity (Wildman–Crippen MR) is 66.5 cm³/mol. The van der Waals surface area contributed by atoms with Crippen molar-refractivity contribution in [3.63, 3.8) is 0 Å². The minimum absolute atomic E-state index is 0.344. The fraction of sp³-hybridized carbons (Fsp3) is 0.667. The van der Waals surface area contributed by atoms with E-state index in [1.165, 1.54) is 6.92 Å². The molecule has 21 heavy (non-hydrogen) atoms. The molecule has 0 saturated carbocycles. The SMILES string of the molecule is C=CC(=O)OCC(=O)OC1(C)C2C[C@@H]3OS(=O)(=O)C1C3O2. The molecule has 0 N–H and O–H groups in total. The summed E-state index contributed by atoms with van der Waals surface area (Å²) in [4.78, 5) is 22.7. The lowest BCUT2D eigenvalue weighted by molar-refractivity contribution is -0.171. The van der Waals surface area contributed by atoms with E-state index in [1.54, 1.807) is 0 Å². The highest BCUT2D eigenvalue weighted by atomic mass is 32.2. The van der Waals surface area contributed by atoms with Gasteiger partial charge in [0.2, 0.25) is 0 Å². The Bertz CT molecular complexity index is 609. The van der Waals surface area contributed by atoms with Crippen LogP contribution in [0.2, 0.25) is 0 Å². The van der Waals surface area contributed by atoms with Gasteiger partial charge in [0.25, 0.3) is 10.1 Å². The molecule has 8 nitrogen and oxygen atoms in total. The average Bonchev–Trinajstić information content (AvgIpc) is 2.95. The third-order valence-corrected chi connectivity index (χ3v) is 5.91. The Labute approximate surface area is 121 Å². The summed E-state index contributed by atoms with van der Waals surface area (Å²) < 4.78 is 44.4. The summed E-state index contributed by atoms with van der Waals surface area (Å²) in [6.07, 6.45) is -0.413. The highest BCUT2D eigenvalue weighted by Crippen LogP contribution is 2.53. The van der Waals surface area contributed by atoms with Crippen molar-refractivity contribution in [2.24, 2.45) is 0 Å². The molecular weight excluding hydrogens is 304 g/mol. The van der Waals surface area contributed by atoms with Gasteiger partial charge in [0.1, 0.15) is 18.3 Å². The fourth-order valence-corrected chi connectivity index (χ4v) is 5.18. The Balaban J connectivity index is 1.74. The van der Waals surface area contributed by atoms with Crippen LogP contribution in [0.15, 0.2) is 12.7 Å². The van der Waals surface area contributed by atoms with Crippen LogP contribution in [0.5, 0.6) is 0 Å². The maximum absolute atomic E-state index is 12.0. The lowest BCUT2D eigenvalue weighted by Gasteiger charge is -2.33. The van der Waals surface area contributed by atoms with E-state index in [2.05, 4.69) is 11.3 Å². The lowest BCUT2D eigenvalue weighted by atomic mass is 9.84. The topological polar surface area (TPSA) is 105 Å². The molecule has 116 valence electrons. The third kappa shape index (κ3) is 2.07. The number of fused-ring (bicyclic) bond motifs is 1. The molecule has 0 aliphatic carbocycles. The Morgan fingerprint density at radius 2 is 2.19 bits per heavy atom. The van der Waals surface area contributed by atoms with Crippen molar-refractivity contribution >= 4 is 22.1 Å². The quantitative estimate of drug-likeness (QED) is 0.380. The van der Waals surface area contributed by atoms with Crippen LogP contribution in [-0.2, 0) is 38.1 Å². The van der Waals surface area contributed by atoms with Gasteiger partial charge in [0, 0.05) is 12.5 Å². The van der Waals surface area contributed by atoms with Gasteiger partial charge in [-0.15, -0.1) is 0 Å². The van der Waals surface area contributed by atoms with Gasteiger partial charge in [-0.05, 0) is 6.92 Å². The summed E-state index contributed by atoms with van der Waals surface area (Å²) in [5.74, 6) is -1.61. The van der Waals surface area contributed by atoms with E-state index in [0.29, 0.717) is 6.42 Å². The molecule has 3 rings (SSSR count). The molecule has 0 amide bonds. The van der Waals surface area contributed by atoms with Crippen LogP contribution in [0.1, 0.15) is 13.3 Å². The molecule has 0 aromatic carbocycles. The van der Waals surface area contributed by atoms with Crippen molar-refractivity contribution in [1.29, 1.82) is 0 Å². The maximum Gasteiger partial charge on any atom is 0.344 e. The maximum atomic E-state index is 12.0. The van der Waals surface area contributed by atoms with Crippen molar-refractivity contribution in [3.8, 4) is 0 Å². The first kappa shape index (κ1) is 14.5. The number of hydrogen-bond donors (Lipinski definition) is 0. The molecular formula is C12H14O8S. The van der Waals surface area contributed by atoms with Gasteiger partial charge in [0.05, 0.1) is 0 Å². The first-order valence-corrected chi connectivity index (χ1v) is 7.83. The van der Waals surface area contributed by atoms with E-state index in [9.17, 15) is 18.0 Å². The van der Waals surface area contributed by atoms with E-state index in [1.807, 2.05) is 0 Å². The zero-order valence-electron chi connectivity index (χ0n) is 11.2. The predicted octanol–water partition coefficient (Wildman–Crippen LogP) is -0.714. The van der Waals surface area contributed by atoms with Gasteiger partial charge < -0.3 is 14.2 Å². The standard InChI is InChI=1S/C12H14O8S/c1-3-8(13)17-5-9(14)19-12(2)7-4-6-10(18-7)11(12)21(15,16)20-6/h3,6-7,10-11H,1,4-5H2,2H3/t6-,7?,10?,11?,12?/m0/s1. The van der Waals surface area contributed by atoms with Crippen LogP contribution in [-0.4, -0.2) is 56.1 Å². The molecule has 2 bridgehead atoms. The third-order valence-electron chi connectivity index (χ3n) is 4.04. The molecule has 0 radical (unpaired) electrons. The molecule has 5 atom stereocenters. The monoisotopic (exact) mass is 318 g/mol. The molecule has 3 fully saturated rings. The molecule has 3 aliphatic heterocycles. The number of carbonyl (C=O) groups is 2. The minimum Gasteiger partial charge on any atom is -0.452 e. The Hall–Kier alpha value is -1.45. The first-order chi connectivity index (χ1) is 9.78. The van der Waals surface area contributed by atoms with Gasteiger partial charge in [0.15, 0.2) is 17.5 Å². The van der Waals surface area contributed by atoms with Crippen LogP contribution in [0.3, 0.4) is 0 Å². The average molecular weight is 318 g/mol. The van der Waals surface area contributed by atoms with E-state index >= 15 is 0 Å². The number of ether oxygens (including phenoxy) is 3. The van der Waals surface area contributed by atoms with Crippen molar-refractivity contribution < 1.29 is 36.4 Å². The Morgan fingerprint density at radius 1 is 1.48 bits per heavy atom. The minimum atomic E-state index is -3.85. The molecule has 3 saturated heterocycles. The largest absolute Gasteiger partial charge is 0.452 e. The Kier molecular flexibility index (Phi) is 3.12. The van der Waals surface area contributed by atoms with Crippen molar-refractivity contribution in [2.45, 2.75) is 42.5 Å². The summed E-state index contributed by atoms with van der Waals surface area (Å²) in [6, 6.07) is 0. The smallest absolute Gasteiger partial charge is 0.344 e. The van der Waals surface area contributed by atoms with Crippen molar-refractivity contribution in [2.75, 3.05) is 6.61 Å². The molecule has 3 aliphatic rings. The van der Waals surface area contributed by atoms with E-state index in [-0.39, 0.29) is 0 Å². The number of rotatable bonds is 4. The van der Waals surface area contributed by atoms with E-state index in [0.717, 1.165) is 6.08 Å². The second-order valence-corrected chi connectivity index (χ2v) is 7.03. The first-order valence-electron chi connectivity index (χ1n) is 6.36. The molecule has 3 heterocycles. The molecule has 0 aromatic rings. The van der Waals surface area contributed by atoms with Gasteiger partial charge >= 0.3 is 11.9 Å². The normalized spacial score (nSPS) is 41.8. The fourth-order valence-electron chi connectivity index (χ4n) is 3.19. The van der Waals surface area contributed by atoms with E-state index in [4.69, 9.17) is 13.7 Å². The van der Waals surface area contributed by atoms with Crippen LogP contribution in [0.4, 0.5) is 0 Å². The van der Waals surface area contributed by atoms with Gasteiger partial charge in [-0.2, -0.15) is 8.42 Å². The summed E-state index contributed by atoms with van der Waals surface area (Å²) in [7, 11) is -3.85. The van der Waals surface area contributed by atoms with Crippen molar-refractivity contribution in [1.82, 2.24) is 0 Å². The molecule has 4 unspecified atom stereocenters. The van der Waals surface area contributed by atoms with Crippen molar-refractivity contribution in [3.05, 3.63) is 12.7 Å². The second kappa shape index (κ2) is 4.52. The summed E-state index contributed by atoms with van der Waals surface area (Å²) >= 11 is 0. The summed E-state index contributed by atoms with van der Waals surface area (Å²) in [5, 5.41) is -1.05. The molecule has 9 heteroatoms. The van der Waals surface area contributed by atoms with E-state index < -0.39 is 57.8 Å². The highest BCUT2D eigenvalue weighted by Gasteiger charge is 2.73.